The van der Waals surface area contributed by atoms with Crippen LogP contribution in [-0.4, -0.2) is 23.4 Å². The summed E-state index contributed by atoms with van der Waals surface area (Å²) in [6, 6.07) is 0. The second-order valence-corrected chi connectivity index (χ2v) is 6.46. The fraction of sp³-hybridized carbons (Fsp3) is 0.733. The Morgan fingerprint density at radius 2 is 1.71 bits per heavy atom. The number of allylic oxidation sites excluding steroid dienone is 2. The fourth-order valence-electron chi connectivity index (χ4n) is 3.64. The average molecular weight is 236 g/mol. The van der Waals surface area contributed by atoms with Gasteiger partial charge in [-0.2, -0.15) is 0 Å². The van der Waals surface area contributed by atoms with E-state index in [1.54, 1.807) is 0 Å². The second kappa shape index (κ2) is 4.58. The summed E-state index contributed by atoms with van der Waals surface area (Å²) < 4.78 is 0. The molecular weight excluding hydrogens is 212 g/mol. The molecule has 0 aromatic carbocycles. The summed E-state index contributed by atoms with van der Waals surface area (Å²) in [6.45, 7) is 6.99. The summed E-state index contributed by atoms with van der Waals surface area (Å²) >= 11 is 0. The third-order valence-corrected chi connectivity index (χ3v) is 4.43. The number of hydrogen-bond acceptors (Lipinski definition) is 2. The number of rotatable bonds is 2. The molecule has 17 heavy (non-hydrogen) atoms. The topological polar surface area (TPSA) is 40.5 Å². The molecule has 0 aromatic heterocycles. The minimum Gasteiger partial charge on any atom is -0.392 e. The highest BCUT2D eigenvalue weighted by Crippen LogP contribution is 2.50. The third kappa shape index (κ3) is 2.48. The van der Waals surface area contributed by atoms with Crippen LogP contribution >= 0.6 is 0 Å². The molecule has 2 aliphatic rings. The van der Waals surface area contributed by atoms with Crippen molar-refractivity contribution in [3.63, 3.8) is 0 Å². The minimum atomic E-state index is 0.0412. The predicted molar refractivity (Wildman–Crippen MR) is 69.5 cm³/mol. The van der Waals surface area contributed by atoms with E-state index in [0.717, 1.165) is 11.1 Å². The van der Waals surface area contributed by atoms with Gasteiger partial charge in [0.15, 0.2) is 0 Å². The Hall–Kier alpha value is -0.600. The average Bonchev–Trinajstić information content (AvgIpc) is 2.52. The van der Waals surface area contributed by atoms with E-state index in [-0.39, 0.29) is 13.2 Å². The van der Waals surface area contributed by atoms with Crippen LogP contribution in [0.4, 0.5) is 0 Å². The van der Waals surface area contributed by atoms with Crippen molar-refractivity contribution in [2.24, 2.45) is 23.2 Å². The summed E-state index contributed by atoms with van der Waals surface area (Å²) in [4.78, 5) is 0. The van der Waals surface area contributed by atoms with Crippen molar-refractivity contribution in [3.05, 3.63) is 23.3 Å². The number of aliphatic hydroxyl groups excluding tert-OH is 2. The molecule has 2 heteroatoms. The molecule has 0 unspecified atom stereocenters. The van der Waals surface area contributed by atoms with E-state index in [9.17, 15) is 10.2 Å². The van der Waals surface area contributed by atoms with Crippen LogP contribution in [0, 0.1) is 23.2 Å². The highest BCUT2D eigenvalue weighted by atomic mass is 16.3. The van der Waals surface area contributed by atoms with Gasteiger partial charge in [0.1, 0.15) is 0 Å². The van der Waals surface area contributed by atoms with E-state index in [1.165, 1.54) is 12.8 Å². The normalized spacial score (nSPS) is 35.9. The maximum atomic E-state index is 9.43. The molecule has 96 valence electrons. The zero-order valence-corrected chi connectivity index (χ0v) is 11.1. The van der Waals surface area contributed by atoms with Crippen LogP contribution < -0.4 is 0 Å². The van der Waals surface area contributed by atoms with Gasteiger partial charge in [-0.15, -0.1) is 0 Å². The predicted octanol–water partition coefficient (Wildman–Crippen LogP) is 2.53. The van der Waals surface area contributed by atoms with E-state index in [2.05, 4.69) is 32.9 Å². The maximum absolute atomic E-state index is 9.43. The molecule has 2 N–H and O–H groups in total. The van der Waals surface area contributed by atoms with Crippen molar-refractivity contribution in [3.8, 4) is 0 Å². The van der Waals surface area contributed by atoms with Crippen LogP contribution in [0.5, 0.6) is 0 Å². The largest absolute Gasteiger partial charge is 0.392 e. The van der Waals surface area contributed by atoms with Gasteiger partial charge in [0.25, 0.3) is 0 Å². The van der Waals surface area contributed by atoms with E-state index >= 15 is 0 Å². The molecule has 0 saturated heterocycles. The minimum absolute atomic E-state index is 0.0412. The quantitative estimate of drug-likeness (QED) is 0.773. The Morgan fingerprint density at radius 1 is 1.12 bits per heavy atom. The molecule has 1 saturated carbocycles. The molecule has 2 nitrogen and oxygen atoms in total. The summed E-state index contributed by atoms with van der Waals surface area (Å²) in [7, 11) is 0. The Labute approximate surface area is 104 Å². The Morgan fingerprint density at radius 3 is 2.29 bits per heavy atom. The lowest BCUT2D eigenvalue weighted by atomic mass is 9.84. The second-order valence-electron chi connectivity index (χ2n) is 6.46. The number of hydrogen-bond donors (Lipinski definition) is 2. The first-order valence-electron chi connectivity index (χ1n) is 6.60. The van der Waals surface area contributed by atoms with Crippen molar-refractivity contribution in [1.82, 2.24) is 0 Å². The molecule has 0 spiro atoms. The maximum Gasteiger partial charge on any atom is 0.0682 e. The number of fused-ring (bicyclic) bond motifs is 1. The summed E-state index contributed by atoms with van der Waals surface area (Å²) in [5, 5.41) is 18.8. The monoisotopic (exact) mass is 236 g/mol. The van der Waals surface area contributed by atoms with Crippen LogP contribution in [-0.2, 0) is 0 Å². The molecule has 2 rings (SSSR count). The molecule has 0 aliphatic heterocycles. The van der Waals surface area contributed by atoms with Crippen LogP contribution in [0.1, 0.15) is 33.6 Å². The van der Waals surface area contributed by atoms with Crippen molar-refractivity contribution in [1.29, 1.82) is 0 Å². The lowest BCUT2D eigenvalue weighted by Crippen LogP contribution is -2.13. The first kappa shape index (κ1) is 12.8. The van der Waals surface area contributed by atoms with E-state index < -0.39 is 0 Å². The van der Waals surface area contributed by atoms with E-state index in [4.69, 9.17) is 0 Å². The van der Waals surface area contributed by atoms with E-state index in [1.807, 2.05) is 0 Å². The number of aliphatic hydroxyl groups is 2. The van der Waals surface area contributed by atoms with Gasteiger partial charge in [0.05, 0.1) is 13.2 Å². The van der Waals surface area contributed by atoms with Gasteiger partial charge in [-0.3, -0.25) is 0 Å². The Bertz CT molecular complexity index is 352. The third-order valence-electron chi connectivity index (χ3n) is 4.43. The van der Waals surface area contributed by atoms with Crippen molar-refractivity contribution >= 4 is 0 Å². The van der Waals surface area contributed by atoms with Gasteiger partial charge >= 0.3 is 0 Å². The Kier molecular flexibility index (Phi) is 3.46. The molecular formula is C15H24O2. The van der Waals surface area contributed by atoms with Crippen molar-refractivity contribution < 1.29 is 10.2 Å². The molecule has 1 fully saturated rings. The molecule has 2 aliphatic carbocycles. The summed E-state index contributed by atoms with van der Waals surface area (Å²) in [5.41, 5.74) is 2.27. The summed E-state index contributed by atoms with van der Waals surface area (Å²) in [6.07, 6.45) is 6.81. The first-order valence-corrected chi connectivity index (χ1v) is 6.60. The van der Waals surface area contributed by atoms with Gasteiger partial charge in [-0.05, 0) is 47.2 Å². The van der Waals surface area contributed by atoms with Gasteiger partial charge in [0.2, 0.25) is 0 Å². The lowest BCUT2D eigenvalue weighted by Gasteiger charge is -2.20. The Balaban J connectivity index is 2.33. The SMILES string of the molecule is C[C@H]1C=C(CO)C(CO)=C[C@@H]2CC(C)(C)C[C@@H]21. The molecule has 0 amide bonds. The standard InChI is InChI=1S/C15H24O2/c1-10-4-12(8-16)13(9-17)5-11-6-15(2,3)7-14(10)11/h4-5,10-11,14,16-17H,6-9H2,1-3H3/t10-,11+,14+/m0/s1. The van der Waals surface area contributed by atoms with Gasteiger partial charge in [0, 0.05) is 0 Å². The summed E-state index contributed by atoms with van der Waals surface area (Å²) in [5.74, 6) is 1.71. The zero-order valence-electron chi connectivity index (χ0n) is 11.1. The molecule has 0 aromatic rings. The van der Waals surface area contributed by atoms with Gasteiger partial charge in [-0.1, -0.05) is 32.9 Å². The van der Waals surface area contributed by atoms with Crippen molar-refractivity contribution in [2.45, 2.75) is 33.6 Å². The van der Waals surface area contributed by atoms with E-state index in [0.29, 0.717) is 23.2 Å². The molecule has 0 heterocycles. The lowest BCUT2D eigenvalue weighted by molar-refractivity contribution is 0.308. The zero-order chi connectivity index (χ0) is 12.6. The van der Waals surface area contributed by atoms with Crippen LogP contribution in [0.3, 0.4) is 0 Å². The van der Waals surface area contributed by atoms with Crippen LogP contribution in [0.15, 0.2) is 23.3 Å². The van der Waals surface area contributed by atoms with Gasteiger partial charge < -0.3 is 10.2 Å². The molecule has 0 radical (unpaired) electrons. The highest BCUT2D eigenvalue weighted by Gasteiger charge is 2.41. The van der Waals surface area contributed by atoms with Crippen LogP contribution in [0.25, 0.3) is 0 Å². The molecule has 0 bridgehead atoms. The highest BCUT2D eigenvalue weighted by molar-refractivity contribution is 5.35. The van der Waals surface area contributed by atoms with Gasteiger partial charge in [-0.25, -0.2) is 0 Å². The van der Waals surface area contributed by atoms with Crippen molar-refractivity contribution in [2.75, 3.05) is 13.2 Å². The smallest absolute Gasteiger partial charge is 0.0682 e. The molecule has 3 atom stereocenters. The fourth-order valence-corrected chi connectivity index (χ4v) is 3.64. The first-order chi connectivity index (χ1) is 7.96. The van der Waals surface area contributed by atoms with Crippen LogP contribution in [0.2, 0.25) is 0 Å².